The Hall–Kier alpha value is -2.12. The van der Waals surface area contributed by atoms with Gasteiger partial charge in [-0.25, -0.2) is 0 Å². The molecule has 1 amide bonds. The molecule has 2 atom stereocenters. The van der Waals surface area contributed by atoms with Crippen molar-refractivity contribution >= 4 is 18.3 Å². The smallest absolute Gasteiger partial charge is 0.234 e. The summed E-state index contributed by atoms with van der Waals surface area (Å²) in [5.74, 6) is 1.09. The van der Waals surface area contributed by atoms with Crippen LogP contribution < -0.4 is 15.8 Å². The number of nitrogens with one attached hydrogen (secondary N) is 1. The number of likely N-dealkylation sites (tertiary alicyclic amines) is 1. The zero-order valence-corrected chi connectivity index (χ0v) is 17.6. The molecule has 3 rings (SSSR count). The number of hydrogen-bond acceptors (Lipinski definition) is 5. The van der Waals surface area contributed by atoms with Crippen molar-refractivity contribution in [2.75, 3.05) is 40.0 Å². The lowest BCUT2D eigenvalue weighted by molar-refractivity contribution is -0.122. The predicted octanol–water partition coefficient (Wildman–Crippen LogP) is 2.18. The Bertz CT molecular complexity index is 743. The standard InChI is InChI=1S/C22H29N3O3.ClH/c1-27-11-12-28-19-9-7-17(8-10-19)13-24-22(26)16-25-14-20(21(23)15-25)18-5-3-2-4-6-18;/h2-10,20-21H,11-16,23H2,1H3,(H,24,26);1H/t20-,21+;/m0./s1. The summed E-state index contributed by atoms with van der Waals surface area (Å²) in [6, 6.07) is 18.1. The zero-order chi connectivity index (χ0) is 19.8. The summed E-state index contributed by atoms with van der Waals surface area (Å²) in [6.07, 6.45) is 0. The molecule has 7 heteroatoms. The van der Waals surface area contributed by atoms with Crippen LogP contribution in [0.5, 0.6) is 5.75 Å². The maximum absolute atomic E-state index is 12.3. The molecule has 2 aromatic carbocycles. The van der Waals surface area contributed by atoms with E-state index in [4.69, 9.17) is 15.2 Å². The van der Waals surface area contributed by atoms with Crippen LogP contribution in [0.25, 0.3) is 0 Å². The number of ether oxygens (including phenoxy) is 2. The van der Waals surface area contributed by atoms with Crippen LogP contribution in [0.3, 0.4) is 0 Å². The van der Waals surface area contributed by atoms with Crippen LogP contribution in [0, 0.1) is 0 Å². The molecule has 0 saturated carbocycles. The molecule has 0 unspecified atom stereocenters. The van der Waals surface area contributed by atoms with E-state index in [1.807, 2.05) is 42.5 Å². The number of benzene rings is 2. The molecule has 6 nitrogen and oxygen atoms in total. The highest BCUT2D eigenvalue weighted by Gasteiger charge is 2.31. The molecule has 29 heavy (non-hydrogen) atoms. The molecule has 0 aromatic heterocycles. The Morgan fingerprint density at radius 3 is 2.52 bits per heavy atom. The first-order chi connectivity index (χ1) is 13.7. The number of amides is 1. The van der Waals surface area contributed by atoms with Crippen LogP contribution in [0.1, 0.15) is 17.0 Å². The Morgan fingerprint density at radius 2 is 1.83 bits per heavy atom. The van der Waals surface area contributed by atoms with Gasteiger partial charge < -0.3 is 20.5 Å². The summed E-state index contributed by atoms with van der Waals surface area (Å²) in [4.78, 5) is 14.5. The molecular weight excluding hydrogens is 390 g/mol. The maximum Gasteiger partial charge on any atom is 0.234 e. The second-order valence-electron chi connectivity index (χ2n) is 7.14. The third-order valence-electron chi connectivity index (χ3n) is 5.00. The van der Waals surface area contributed by atoms with Gasteiger partial charge in [0, 0.05) is 38.7 Å². The highest BCUT2D eigenvalue weighted by atomic mass is 35.5. The molecule has 0 spiro atoms. The largest absolute Gasteiger partial charge is 0.491 e. The van der Waals surface area contributed by atoms with Gasteiger partial charge in [-0.1, -0.05) is 42.5 Å². The number of methoxy groups -OCH3 is 1. The molecule has 1 aliphatic heterocycles. The van der Waals surface area contributed by atoms with E-state index in [0.717, 1.165) is 24.4 Å². The lowest BCUT2D eigenvalue weighted by Crippen LogP contribution is -2.37. The van der Waals surface area contributed by atoms with Crippen molar-refractivity contribution in [1.82, 2.24) is 10.2 Å². The molecule has 1 saturated heterocycles. The number of halogens is 1. The fourth-order valence-electron chi connectivity index (χ4n) is 3.50. The monoisotopic (exact) mass is 419 g/mol. The fourth-order valence-corrected chi connectivity index (χ4v) is 3.50. The Labute approximate surface area is 178 Å². The number of nitrogens with two attached hydrogens (primary N) is 1. The molecule has 1 aliphatic rings. The first kappa shape index (κ1) is 23.2. The second-order valence-corrected chi connectivity index (χ2v) is 7.14. The van der Waals surface area contributed by atoms with Crippen LogP contribution >= 0.6 is 12.4 Å². The van der Waals surface area contributed by atoms with Gasteiger partial charge in [0.1, 0.15) is 12.4 Å². The van der Waals surface area contributed by atoms with E-state index in [1.165, 1.54) is 5.56 Å². The highest BCUT2D eigenvalue weighted by molar-refractivity contribution is 5.85. The van der Waals surface area contributed by atoms with Crippen molar-refractivity contribution in [3.8, 4) is 5.75 Å². The third kappa shape index (κ3) is 7.01. The molecular formula is C22H30ClN3O3. The number of carbonyl (C=O) groups is 1. The summed E-state index contributed by atoms with van der Waals surface area (Å²) in [5.41, 5.74) is 8.58. The van der Waals surface area contributed by atoms with Gasteiger partial charge in [-0.3, -0.25) is 9.69 Å². The van der Waals surface area contributed by atoms with Crippen LogP contribution in [-0.4, -0.2) is 56.8 Å². The molecule has 3 N–H and O–H groups in total. The lowest BCUT2D eigenvalue weighted by Gasteiger charge is -2.16. The minimum absolute atomic E-state index is 0. The summed E-state index contributed by atoms with van der Waals surface area (Å²) >= 11 is 0. The quantitative estimate of drug-likeness (QED) is 0.609. The van der Waals surface area contributed by atoms with Crippen molar-refractivity contribution in [3.05, 3.63) is 65.7 Å². The van der Waals surface area contributed by atoms with E-state index in [0.29, 0.717) is 26.3 Å². The van der Waals surface area contributed by atoms with Gasteiger partial charge in [0.15, 0.2) is 0 Å². The average molecular weight is 420 g/mol. The normalized spacial score (nSPS) is 18.8. The summed E-state index contributed by atoms with van der Waals surface area (Å²) in [6.45, 7) is 3.50. The number of carbonyl (C=O) groups excluding carboxylic acids is 1. The average Bonchev–Trinajstić information content (AvgIpc) is 3.08. The van der Waals surface area contributed by atoms with Crippen molar-refractivity contribution < 1.29 is 14.3 Å². The fraction of sp³-hybridized carbons (Fsp3) is 0.409. The summed E-state index contributed by atoms with van der Waals surface area (Å²) in [5, 5.41) is 2.98. The minimum atomic E-state index is 0. The SMILES string of the molecule is COCCOc1ccc(CNC(=O)CN2C[C@@H](N)[C@H](c3ccccc3)C2)cc1.Cl. The number of rotatable bonds is 9. The van der Waals surface area contributed by atoms with Gasteiger partial charge in [-0.05, 0) is 23.3 Å². The molecule has 2 aromatic rings. The van der Waals surface area contributed by atoms with E-state index >= 15 is 0 Å². The first-order valence-corrected chi connectivity index (χ1v) is 9.66. The first-order valence-electron chi connectivity index (χ1n) is 9.66. The van der Waals surface area contributed by atoms with Gasteiger partial charge in [0.2, 0.25) is 5.91 Å². The lowest BCUT2D eigenvalue weighted by atomic mass is 9.95. The number of nitrogens with zero attached hydrogens (tertiary/aromatic N) is 1. The Kier molecular flexibility index (Phi) is 9.41. The van der Waals surface area contributed by atoms with Gasteiger partial charge in [-0.2, -0.15) is 0 Å². The second kappa shape index (κ2) is 11.8. The molecule has 158 valence electrons. The summed E-state index contributed by atoms with van der Waals surface area (Å²) < 4.78 is 10.5. The van der Waals surface area contributed by atoms with Gasteiger partial charge in [-0.15, -0.1) is 12.4 Å². The topological polar surface area (TPSA) is 76.8 Å². The molecule has 0 aliphatic carbocycles. The van der Waals surface area contributed by atoms with Gasteiger partial charge in [0.05, 0.1) is 13.2 Å². The van der Waals surface area contributed by atoms with E-state index in [9.17, 15) is 4.79 Å². The van der Waals surface area contributed by atoms with Crippen molar-refractivity contribution in [2.45, 2.75) is 18.5 Å². The van der Waals surface area contributed by atoms with Crippen LogP contribution in [-0.2, 0) is 16.1 Å². The predicted molar refractivity (Wildman–Crippen MR) is 117 cm³/mol. The van der Waals surface area contributed by atoms with Crippen LogP contribution in [0.4, 0.5) is 0 Å². The van der Waals surface area contributed by atoms with E-state index in [1.54, 1.807) is 7.11 Å². The van der Waals surface area contributed by atoms with E-state index in [2.05, 4.69) is 22.3 Å². The Morgan fingerprint density at radius 1 is 1.10 bits per heavy atom. The van der Waals surface area contributed by atoms with Crippen molar-refractivity contribution in [1.29, 1.82) is 0 Å². The van der Waals surface area contributed by atoms with Gasteiger partial charge >= 0.3 is 0 Å². The van der Waals surface area contributed by atoms with Crippen molar-refractivity contribution in [3.63, 3.8) is 0 Å². The minimum Gasteiger partial charge on any atom is -0.491 e. The zero-order valence-electron chi connectivity index (χ0n) is 16.8. The van der Waals surface area contributed by atoms with Crippen molar-refractivity contribution in [2.24, 2.45) is 5.73 Å². The van der Waals surface area contributed by atoms with Gasteiger partial charge in [0.25, 0.3) is 0 Å². The highest BCUT2D eigenvalue weighted by Crippen LogP contribution is 2.25. The third-order valence-corrected chi connectivity index (χ3v) is 5.00. The summed E-state index contributed by atoms with van der Waals surface area (Å²) in [7, 11) is 1.65. The molecule has 0 bridgehead atoms. The molecule has 0 radical (unpaired) electrons. The molecule has 1 heterocycles. The van der Waals surface area contributed by atoms with Crippen LogP contribution in [0.15, 0.2) is 54.6 Å². The maximum atomic E-state index is 12.3. The molecule has 1 fully saturated rings. The van der Waals surface area contributed by atoms with E-state index < -0.39 is 0 Å². The number of hydrogen-bond donors (Lipinski definition) is 2. The Balaban J connectivity index is 0.00000300. The van der Waals surface area contributed by atoms with E-state index in [-0.39, 0.29) is 30.3 Å². The van der Waals surface area contributed by atoms with Crippen LogP contribution in [0.2, 0.25) is 0 Å².